The Hall–Kier alpha value is -1.63. The summed E-state index contributed by atoms with van der Waals surface area (Å²) in [7, 11) is 0. The molecule has 0 aliphatic carbocycles. The van der Waals surface area contributed by atoms with Crippen molar-refractivity contribution in [1.82, 2.24) is 0 Å². The average molecular weight is 359 g/mol. The Balaban J connectivity index is 3.13. The van der Waals surface area contributed by atoms with Crippen LogP contribution in [0, 0.1) is 22.5 Å². The third-order valence-corrected chi connectivity index (χ3v) is 3.89. The standard InChI is InChI=1S/C14H19BrN2O4/c1-8-5-10(9(15)6-11(8)17(20)21)16-12(7-13(18)19)14(2,3)4/h5-6,12,16H,7H2,1-4H3,(H,18,19). The van der Waals surface area contributed by atoms with Gasteiger partial charge in [-0.3, -0.25) is 14.9 Å². The smallest absolute Gasteiger partial charge is 0.305 e. The van der Waals surface area contributed by atoms with Crippen molar-refractivity contribution in [3.05, 3.63) is 32.3 Å². The molecule has 0 spiro atoms. The second-order valence-electron chi connectivity index (χ2n) is 6.04. The first-order valence-electron chi connectivity index (χ1n) is 6.45. The number of rotatable bonds is 5. The molecule has 116 valence electrons. The number of nitrogens with zero attached hydrogens (tertiary/aromatic N) is 1. The van der Waals surface area contributed by atoms with Crippen LogP contribution in [0.2, 0.25) is 0 Å². The first-order chi connectivity index (χ1) is 9.52. The van der Waals surface area contributed by atoms with E-state index in [0.29, 0.717) is 15.7 Å². The third-order valence-electron chi connectivity index (χ3n) is 3.24. The van der Waals surface area contributed by atoms with Crippen LogP contribution in [0.4, 0.5) is 11.4 Å². The number of hydrogen-bond donors (Lipinski definition) is 2. The fourth-order valence-corrected chi connectivity index (χ4v) is 2.36. The number of hydrogen-bond acceptors (Lipinski definition) is 4. The van der Waals surface area contributed by atoms with Gasteiger partial charge in [0.1, 0.15) is 0 Å². The van der Waals surface area contributed by atoms with Crippen LogP contribution in [-0.4, -0.2) is 22.0 Å². The molecule has 0 fully saturated rings. The van der Waals surface area contributed by atoms with Gasteiger partial charge >= 0.3 is 5.97 Å². The van der Waals surface area contributed by atoms with Crippen molar-refractivity contribution in [3.63, 3.8) is 0 Å². The van der Waals surface area contributed by atoms with Crippen molar-refractivity contribution in [2.24, 2.45) is 5.41 Å². The molecule has 0 amide bonds. The summed E-state index contributed by atoms with van der Waals surface area (Å²) in [6.45, 7) is 7.48. The number of nitro groups is 1. The fourth-order valence-electron chi connectivity index (χ4n) is 1.91. The minimum Gasteiger partial charge on any atom is -0.481 e. The number of carboxylic acids is 1. The van der Waals surface area contributed by atoms with E-state index in [1.807, 2.05) is 20.8 Å². The summed E-state index contributed by atoms with van der Waals surface area (Å²) in [4.78, 5) is 21.5. The Labute approximate surface area is 131 Å². The number of aryl methyl sites for hydroxylation is 1. The zero-order valence-corrected chi connectivity index (χ0v) is 14.0. The Morgan fingerprint density at radius 3 is 2.48 bits per heavy atom. The Kier molecular flexibility index (Phi) is 5.33. The van der Waals surface area contributed by atoms with Crippen molar-refractivity contribution < 1.29 is 14.8 Å². The van der Waals surface area contributed by atoms with Gasteiger partial charge in [-0.25, -0.2) is 0 Å². The van der Waals surface area contributed by atoms with Gasteiger partial charge in [-0.15, -0.1) is 0 Å². The molecule has 0 aliphatic rings. The third kappa shape index (κ3) is 4.70. The monoisotopic (exact) mass is 358 g/mol. The molecule has 0 saturated carbocycles. The quantitative estimate of drug-likeness (QED) is 0.613. The van der Waals surface area contributed by atoms with Crippen LogP contribution in [0.1, 0.15) is 32.8 Å². The minimum absolute atomic E-state index is 0.0259. The van der Waals surface area contributed by atoms with E-state index in [1.165, 1.54) is 6.07 Å². The summed E-state index contributed by atoms with van der Waals surface area (Å²) in [6, 6.07) is 2.79. The molecular formula is C14H19BrN2O4. The van der Waals surface area contributed by atoms with Gasteiger partial charge in [-0.2, -0.15) is 0 Å². The molecule has 1 unspecified atom stereocenters. The summed E-state index contributed by atoms with van der Waals surface area (Å²) in [5.41, 5.74) is 0.930. The number of carbonyl (C=O) groups is 1. The molecule has 0 aliphatic heterocycles. The molecule has 0 radical (unpaired) electrons. The van der Waals surface area contributed by atoms with Crippen LogP contribution in [0.15, 0.2) is 16.6 Å². The van der Waals surface area contributed by atoms with Crippen LogP contribution >= 0.6 is 15.9 Å². The number of aliphatic carboxylic acids is 1. The van der Waals surface area contributed by atoms with Gasteiger partial charge in [0.15, 0.2) is 0 Å². The molecule has 21 heavy (non-hydrogen) atoms. The zero-order chi connectivity index (χ0) is 16.4. The molecule has 1 aromatic rings. The van der Waals surface area contributed by atoms with Gasteiger partial charge in [-0.05, 0) is 34.3 Å². The van der Waals surface area contributed by atoms with E-state index < -0.39 is 10.9 Å². The van der Waals surface area contributed by atoms with Crippen LogP contribution < -0.4 is 5.32 Å². The lowest BCUT2D eigenvalue weighted by atomic mass is 9.84. The second-order valence-corrected chi connectivity index (χ2v) is 6.89. The van der Waals surface area contributed by atoms with E-state index in [-0.39, 0.29) is 23.6 Å². The molecule has 1 atom stereocenters. The van der Waals surface area contributed by atoms with Gasteiger partial charge in [0.25, 0.3) is 5.69 Å². The van der Waals surface area contributed by atoms with Gasteiger partial charge in [-0.1, -0.05) is 20.8 Å². The number of nitro benzene ring substituents is 1. The zero-order valence-electron chi connectivity index (χ0n) is 12.4. The van der Waals surface area contributed by atoms with E-state index in [2.05, 4.69) is 21.2 Å². The summed E-state index contributed by atoms with van der Waals surface area (Å²) in [5, 5.41) is 23.1. The molecule has 0 bridgehead atoms. The Bertz CT molecular complexity index is 567. The molecule has 7 heteroatoms. The van der Waals surface area contributed by atoms with Crippen molar-refractivity contribution in [2.45, 2.75) is 40.2 Å². The highest BCUT2D eigenvalue weighted by Crippen LogP contribution is 2.33. The van der Waals surface area contributed by atoms with E-state index in [4.69, 9.17) is 5.11 Å². The summed E-state index contributed by atoms with van der Waals surface area (Å²) < 4.78 is 0.541. The molecular weight excluding hydrogens is 340 g/mol. The first kappa shape index (κ1) is 17.4. The largest absolute Gasteiger partial charge is 0.481 e. The predicted molar refractivity (Wildman–Crippen MR) is 84.7 cm³/mol. The molecule has 1 rings (SSSR count). The van der Waals surface area contributed by atoms with E-state index >= 15 is 0 Å². The maximum atomic E-state index is 11.0. The topological polar surface area (TPSA) is 92.5 Å². The maximum Gasteiger partial charge on any atom is 0.305 e. The SMILES string of the molecule is Cc1cc(NC(CC(=O)O)C(C)(C)C)c(Br)cc1[N+](=O)[O-]. The van der Waals surface area contributed by atoms with Gasteiger partial charge < -0.3 is 10.4 Å². The van der Waals surface area contributed by atoms with Crippen LogP contribution in [-0.2, 0) is 4.79 Å². The number of halogens is 1. The highest BCUT2D eigenvalue weighted by molar-refractivity contribution is 9.10. The van der Waals surface area contributed by atoms with Gasteiger partial charge in [0.2, 0.25) is 0 Å². The second kappa shape index (κ2) is 6.43. The van der Waals surface area contributed by atoms with Crippen molar-refractivity contribution in [3.8, 4) is 0 Å². The van der Waals surface area contributed by atoms with E-state index in [1.54, 1.807) is 13.0 Å². The summed E-state index contributed by atoms with van der Waals surface area (Å²) in [5.74, 6) is -0.891. The number of nitrogens with one attached hydrogen (secondary N) is 1. The predicted octanol–water partition coefficient (Wildman–Crippen LogP) is 3.97. The summed E-state index contributed by atoms with van der Waals surface area (Å²) >= 11 is 3.30. The maximum absolute atomic E-state index is 11.0. The van der Waals surface area contributed by atoms with E-state index in [9.17, 15) is 14.9 Å². The molecule has 0 aromatic heterocycles. The first-order valence-corrected chi connectivity index (χ1v) is 7.24. The highest BCUT2D eigenvalue weighted by Gasteiger charge is 2.28. The highest BCUT2D eigenvalue weighted by atomic mass is 79.9. The van der Waals surface area contributed by atoms with Crippen LogP contribution in [0.25, 0.3) is 0 Å². The van der Waals surface area contributed by atoms with E-state index in [0.717, 1.165) is 0 Å². The van der Waals surface area contributed by atoms with Crippen LogP contribution in [0.3, 0.4) is 0 Å². The molecule has 0 saturated heterocycles. The summed E-state index contributed by atoms with van der Waals surface area (Å²) in [6.07, 6.45) is -0.0357. The molecule has 2 N–H and O–H groups in total. The normalized spacial score (nSPS) is 12.8. The lowest BCUT2D eigenvalue weighted by molar-refractivity contribution is -0.385. The molecule has 0 heterocycles. The molecule has 1 aromatic carbocycles. The number of carboxylic acid groups (broad SMARTS) is 1. The number of benzene rings is 1. The number of anilines is 1. The van der Waals surface area contributed by atoms with Crippen LogP contribution in [0.5, 0.6) is 0 Å². The van der Waals surface area contributed by atoms with Crippen molar-refractivity contribution in [1.29, 1.82) is 0 Å². The van der Waals surface area contributed by atoms with Crippen molar-refractivity contribution in [2.75, 3.05) is 5.32 Å². The molecule has 6 nitrogen and oxygen atoms in total. The minimum atomic E-state index is -0.891. The Morgan fingerprint density at radius 1 is 1.48 bits per heavy atom. The van der Waals surface area contributed by atoms with Crippen molar-refractivity contribution >= 4 is 33.3 Å². The van der Waals surface area contributed by atoms with Gasteiger partial charge in [0, 0.05) is 27.8 Å². The lowest BCUT2D eigenvalue weighted by Gasteiger charge is -2.31. The fraction of sp³-hybridized carbons (Fsp3) is 0.500. The van der Waals surface area contributed by atoms with Gasteiger partial charge in [0.05, 0.1) is 11.3 Å². The average Bonchev–Trinajstić information content (AvgIpc) is 2.30. The Morgan fingerprint density at radius 2 is 2.05 bits per heavy atom. The lowest BCUT2D eigenvalue weighted by Crippen LogP contribution is -2.36.